The van der Waals surface area contributed by atoms with Gasteiger partial charge in [-0.25, -0.2) is 13.2 Å². The summed E-state index contributed by atoms with van der Waals surface area (Å²) in [6.45, 7) is 2.12. The largest absolute Gasteiger partial charge is 0.478 e. The number of aromatic carboxylic acids is 1. The highest BCUT2D eigenvalue weighted by atomic mass is 32.2. The summed E-state index contributed by atoms with van der Waals surface area (Å²) >= 11 is 0. The quantitative estimate of drug-likeness (QED) is 0.882. The van der Waals surface area contributed by atoms with Gasteiger partial charge in [0.25, 0.3) is 0 Å². The topological polar surface area (TPSA) is 93.8 Å². The second-order valence-electron chi connectivity index (χ2n) is 4.27. The number of ether oxygens (including phenoxy) is 1. The standard InChI is InChI=1S/C11H14O6S/c1-7-10(3-5-16-7)18(14,15)6-9-8(11(12)13)2-4-17-9/h2,4,7,10H,3,5-6H2,1H3,(H,12,13). The Morgan fingerprint density at radius 2 is 2.28 bits per heavy atom. The van der Waals surface area contributed by atoms with Crippen LogP contribution in [0.3, 0.4) is 0 Å². The first-order chi connectivity index (χ1) is 8.42. The van der Waals surface area contributed by atoms with E-state index >= 15 is 0 Å². The van der Waals surface area contributed by atoms with E-state index in [4.69, 9.17) is 14.3 Å². The van der Waals surface area contributed by atoms with Crippen LogP contribution in [0.15, 0.2) is 16.7 Å². The third-order valence-electron chi connectivity index (χ3n) is 3.08. The average Bonchev–Trinajstić information content (AvgIpc) is 2.86. The summed E-state index contributed by atoms with van der Waals surface area (Å²) < 4.78 is 34.5. The molecule has 100 valence electrons. The molecule has 0 aliphatic carbocycles. The zero-order valence-electron chi connectivity index (χ0n) is 9.83. The molecule has 1 saturated heterocycles. The van der Waals surface area contributed by atoms with E-state index in [0.717, 1.165) is 0 Å². The van der Waals surface area contributed by atoms with Gasteiger partial charge in [0.15, 0.2) is 9.84 Å². The van der Waals surface area contributed by atoms with Crippen molar-refractivity contribution in [2.75, 3.05) is 6.61 Å². The summed E-state index contributed by atoms with van der Waals surface area (Å²) in [6.07, 6.45) is 1.26. The van der Waals surface area contributed by atoms with Crippen molar-refractivity contribution in [2.24, 2.45) is 0 Å². The molecule has 2 atom stereocenters. The summed E-state index contributed by atoms with van der Waals surface area (Å²) in [5, 5.41) is 8.30. The fourth-order valence-corrected chi connectivity index (χ4v) is 4.04. The smallest absolute Gasteiger partial charge is 0.339 e. The first-order valence-corrected chi connectivity index (χ1v) is 7.26. The zero-order valence-corrected chi connectivity index (χ0v) is 10.6. The first kappa shape index (κ1) is 13.1. The van der Waals surface area contributed by atoms with Gasteiger partial charge < -0.3 is 14.3 Å². The van der Waals surface area contributed by atoms with Gasteiger partial charge in [-0.1, -0.05) is 0 Å². The Morgan fingerprint density at radius 1 is 1.56 bits per heavy atom. The SMILES string of the molecule is CC1OCCC1S(=O)(=O)Cc1occc1C(=O)O. The number of rotatable bonds is 4. The summed E-state index contributed by atoms with van der Waals surface area (Å²) in [6, 6.07) is 1.25. The molecular formula is C11H14O6S. The maximum atomic E-state index is 12.2. The number of furan rings is 1. The molecular weight excluding hydrogens is 260 g/mol. The van der Waals surface area contributed by atoms with E-state index in [1.807, 2.05) is 0 Å². The van der Waals surface area contributed by atoms with Crippen molar-refractivity contribution in [3.05, 3.63) is 23.7 Å². The number of carboxylic acids is 1. The van der Waals surface area contributed by atoms with Gasteiger partial charge in [-0.3, -0.25) is 0 Å². The van der Waals surface area contributed by atoms with Crippen molar-refractivity contribution in [1.82, 2.24) is 0 Å². The van der Waals surface area contributed by atoms with Crippen molar-refractivity contribution in [1.29, 1.82) is 0 Å². The summed E-state index contributed by atoms with van der Waals surface area (Å²) in [5.74, 6) is -1.62. The van der Waals surface area contributed by atoms with E-state index in [1.54, 1.807) is 6.92 Å². The minimum absolute atomic E-state index is 0.0263. The summed E-state index contributed by atoms with van der Waals surface area (Å²) in [7, 11) is -3.47. The normalized spacial score (nSPS) is 24.3. The Labute approximate surface area is 104 Å². The van der Waals surface area contributed by atoms with Crippen LogP contribution in [0.1, 0.15) is 29.5 Å². The second-order valence-corrected chi connectivity index (χ2v) is 6.49. The molecule has 2 unspecified atom stereocenters. The van der Waals surface area contributed by atoms with Gasteiger partial charge in [0.05, 0.1) is 17.6 Å². The zero-order chi connectivity index (χ0) is 13.3. The minimum atomic E-state index is -3.47. The van der Waals surface area contributed by atoms with Gasteiger partial charge in [0, 0.05) is 6.61 Å². The van der Waals surface area contributed by atoms with Gasteiger partial charge in [0.1, 0.15) is 17.1 Å². The predicted molar refractivity (Wildman–Crippen MR) is 62.1 cm³/mol. The van der Waals surface area contributed by atoms with E-state index in [9.17, 15) is 13.2 Å². The van der Waals surface area contributed by atoms with Gasteiger partial charge >= 0.3 is 5.97 Å². The van der Waals surface area contributed by atoms with Gasteiger partial charge in [-0.05, 0) is 19.4 Å². The van der Waals surface area contributed by atoms with Gasteiger partial charge in [0.2, 0.25) is 0 Å². The molecule has 1 aromatic heterocycles. The number of carboxylic acid groups (broad SMARTS) is 1. The van der Waals surface area contributed by atoms with Crippen LogP contribution in [0.5, 0.6) is 0 Å². The van der Waals surface area contributed by atoms with Crippen molar-refractivity contribution in [3.8, 4) is 0 Å². The molecule has 1 aromatic rings. The van der Waals surface area contributed by atoms with Gasteiger partial charge in [-0.2, -0.15) is 0 Å². The van der Waals surface area contributed by atoms with Crippen LogP contribution in [0.2, 0.25) is 0 Å². The summed E-state index contributed by atoms with van der Waals surface area (Å²) in [4.78, 5) is 10.9. The third-order valence-corrected chi connectivity index (χ3v) is 5.28. The fraction of sp³-hybridized carbons (Fsp3) is 0.545. The summed E-state index contributed by atoms with van der Waals surface area (Å²) in [5.41, 5.74) is -0.106. The Kier molecular flexibility index (Phi) is 3.45. The molecule has 7 heteroatoms. The van der Waals surface area contributed by atoms with Crippen molar-refractivity contribution in [2.45, 2.75) is 30.5 Å². The molecule has 0 spiro atoms. The molecule has 0 bridgehead atoms. The van der Waals surface area contributed by atoms with Crippen LogP contribution in [0, 0.1) is 0 Å². The molecule has 1 fully saturated rings. The monoisotopic (exact) mass is 274 g/mol. The molecule has 0 amide bonds. The molecule has 1 aliphatic heterocycles. The predicted octanol–water partition coefficient (Wildman–Crippen LogP) is 1.07. The number of sulfone groups is 1. The second kappa shape index (κ2) is 4.74. The van der Waals surface area contributed by atoms with E-state index in [0.29, 0.717) is 13.0 Å². The molecule has 2 heterocycles. The fourth-order valence-electron chi connectivity index (χ4n) is 2.12. The van der Waals surface area contributed by atoms with Crippen molar-refractivity contribution >= 4 is 15.8 Å². The molecule has 1 aliphatic rings. The van der Waals surface area contributed by atoms with Crippen LogP contribution in [0.4, 0.5) is 0 Å². The molecule has 0 aromatic carbocycles. The molecule has 2 rings (SSSR count). The number of hydrogen-bond donors (Lipinski definition) is 1. The lowest BCUT2D eigenvalue weighted by atomic mass is 10.2. The highest BCUT2D eigenvalue weighted by Crippen LogP contribution is 2.25. The highest BCUT2D eigenvalue weighted by molar-refractivity contribution is 7.91. The molecule has 6 nitrogen and oxygen atoms in total. The highest BCUT2D eigenvalue weighted by Gasteiger charge is 2.37. The van der Waals surface area contributed by atoms with Crippen LogP contribution in [0.25, 0.3) is 0 Å². The van der Waals surface area contributed by atoms with Crippen LogP contribution in [-0.2, 0) is 20.3 Å². The Hall–Kier alpha value is -1.34. The van der Waals surface area contributed by atoms with Crippen LogP contribution >= 0.6 is 0 Å². The number of carbonyl (C=O) groups is 1. The average molecular weight is 274 g/mol. The van der Waals surface area contributed by atoms with E-state index in [-0.39, 0.29) is 17.4 Å². The van der Waals surface area contributed by atoms with Crippen LogP contribution in [-0.4, -0.2) is 37.5 Å². The first-order valence-electron chi connectivity index (χ1n) is 5.54. The van der Waals surface area contributed by atoms with Crippen molar-refractivity contribution in [3.63, 3.8) is 0 Å². The number of hydrogen-bond acceptors (Lipinski definition) is 5. The molecule has 18 heavy (non-hydrogen) atoms. The molecule has 0 radical (unpaired) electrons. The third kappa shape index (κ3) is 2.41. The molecule has 1 N–H and O–H groups in total. The Morgan fingerprint density at radius 3 is 2.83 bits per heavy atom. The van der Waals surface area contributed by atoms with E-state index in [2.05, 4.69) is 0 Å². The maximum Gasteiger partial charge on any atom is 0.339 e. The maximum absolute atomic E-state index is 12.2. The van der Waals surface area contributed by atoms with E-state index in [1.165, 1.54) is 12.3 Å². The minimum Gasteiger partial charge on any atom is -0.478 e. The van der Waals surface area contributed by atoms with Crippen molar-refractivity contribution < 1.29 is 27.5 Å². The molecule has 0 saturated carbocycles. The lowest BCUT2D eigenvalue weighted by Gasteiger charge is -2.14. The van der Waals surface area contributed by atoms with Crippen LogP contribution < -0.4 is 0 Å². The Bertz CT molecular complexity index is 544. The lowest BCUT2D eigenvalue weighted by molar-refractivity contribution is 0.0695. The Balaban J connectivity index is 2.22. The van der Waals surface area contributed by atoms with E-state index < -0.39 is 26.8 Å². The lowest BCUT2D eigenvalue weighted by Crippen LogP contribution is -2.29. The van der Waals surface area contributed by atoms with Gasteiger partial charge in [-0.15, -0.1) is 0 Å².